The average Bonchev–Trinajstić information content (AvgIpc) is 2.83. The zero-order valence-electron chi connectivity index (χ0n) is 9.86. The molecule has 0 radical (unpaired) electrons. The molecule has 3 heterocycles. The van der Waals surface area contributed by atoms with Gasteiger partial charge in [0.25, 0.3) is 0 Å². The van der Waals surface area contributed by atoms with E-state index in [1.165, 1.54) is 6.33 Å². The molecule has 0 bridgehead atoms. The number of aliphatic hydroxyl groups is 2. The summed E-state index contributed by atoms with van der Waals surface area (Å²) in [5.74, 6) is 0. The lowest BCUT2D eigenvalue weighted by atomic mass is 10.1. The van der Waals surface area contributed by atoms with Crippen LogP contribution in [-0.2, 0) is 4.74 Å². The van der Waals surface area contributed by atoms with E-state index in [1.54, 1.807) is 17.7 Å². The Morgan fingerprint density at radius 3 is 2.74 bits per heavy atom. The molecule has 2 aromatic rings. The van der Waals surface area contributed by atoms with Crippen molar-refractivity contribution >= 4 is 38.6 Å². The van der Waals surface area contributed by atoms with Crippen molar-refractivity contribution in [2.45, 2.75) is 31.5 Å². The maximum atomic E-state index is 10.0. The average molecular weight is 349 g/mol. The van der Waals surface area contributed by atoms with Crippen molar-refractivity contribution in [3.63, 3.8) is 0 Å². The molecule has 2 N–H and O–H groups in total. The van der Waals surface area contributed by atoms with Gasteiger partial charge in [0.1, 0.15) is 29.3 Å². The van der Waals surface area contributed by atoms with Crippen LogP contribution in [0.15, 0.2) is 17.0 Å². The van der Waals surface area contributed by atoms with Gasteiger partial charge in [-0.05, 0) is 22.9 Å². The number of nitrogens with zero attached hydrogens (tertiary/aromatic N) is 3. The number of halogens is 2. The third-order valence-corrected chi connectivity index (χ3v) is 4.16. The van der Waals surface area contributed by atoms with Crippen LogP contribution in [0, 0.1) is 0 Å². The summed E-state index contributed by atoms with van der Waals surface area (Å²) in [7, 11) is 0. The first kappa shape index (κ1) is 13.3. The number of hydrogen-bond acceptors (Lipinski definition) is 5. The van der Waals surface area contributed by atoms with E-state index in [-0.39, 0.29) is 0 Å². The molecule has 1 fully saturated rings. The predicted molar refractivity (Wildman–Crippen MR) is 71.8 cm³/mol. The molecule has 1 aliphatic rings. The normalized spacial score (nSPS) is 31.2. The lowest BCUT2D eigenvalue weighted by Gasteiger charge is -2.17. The number of aliphatic hydroxyl groups excluding tert-OH is 2. The van der Waals surface area contributed by atoms with E-state index in [9.17, 15) is 10.2 Å². The minimum atomic E-state index is -1.02. The maximum Gasteiger partial charge on any atom is 0.164 e. The van der Waals surface area contributed by atoms with Gasteiger partial charge in [0.15, 0.2) is 6.23 Å². The molecule has 8 heteroatoms. The molecule has 3 rings (SSSR count). The summed E-state index contributed by atoms with van der Waals surface area (Å²) in [5, 5.41) is 20.8. The molecule has 2 aromatic heterocycles. The highest BCUT2D eigenvalue weighted by Gasteiger charge is 2.42. The van der Waals surface area contributed by atoms with Crippen molar-refractivity contribution < 1.29 is 14.9 Å². The molecule has 0 saturated carbocycles. The van der Waals surface area contributed by atoms with Crippen molar-refractivity contribution in [1.29, 1.82) is 0 Å². The van der Waals surface area contributed by atoms with Crippen LogP contribution in [0.2, 0.25) is 5.15 Å². The molecule has 0 aliphatic carbocycles. The molecule has 6 nitrogen and oxygen atoms in total. The van der Waals surface area contributed by atoms with Crippen LogP contribution < -0.4 is 0 Å². The second-order valence-corrected chi connectivity index (χ2v) is 5.67. The van der Waals surface area contributed by atoms with Gasteiger partial charge in [0, 0.05) is 10.7 Å². The fourth-order valence-electron chi connectivity index (χ4n) is 2.26. The molecule has 19 heavy (non-hydrogen) atoms. The first-order valence-electron chi connectivity index (χ1n) is 5.69. The number of hydrogen-bond donors (Lipinski definition) is 2. The van der Waals surface area contributed by atoms with Gasteiger partial charge in [-0.1, -0.05) is 11.6 Å². The predicted octanol–water partition coefficient (Wildman–Crippen LogP) is 1.49. The zero-order valence-corrected chi connectivity index (χ0v) is 12.2. The quantitative estimate of drug-likeness (QED) is 0.763. The molecule has 4 atom stereocenters. The van der Waals surface area contributed by atoms with E-state index < -0.39 is 24.5 Å². The highest BCUT2D eigenvalue weighted by molar-refractivity contribution is 9.10. The lowest BCUT2D eigenvalue weighted by Crippen LogP contribution is -2.30. The summed E-state index contributed by atoms with van der Waals surface area (Å²) >= 11 is 9.41. The smallest absolute Gasteiger partial charge is 0.164 e. The first-order valence-corrected chi connectivity index (χ1v) is 6.86. The van der Waals surface area contributed by atoms with Gasteiger partial charge in [-0.3, -0.25) is 0 Å². The van der Waals surface area contributed by atoms with Crippen molar-refractivity contribution in [3.05, 3.63) is 22.1 Å². The Balaban J connectivity index is 2.14. The molecule has 1 saturated heterocycles. The molecule has 1 unspecified atom stereocenters. The summed E-state index contributed by atoms with van der Waals surface area (Å²) in [6.07, 6.45) is -0.0540. The van der Waals surface area contributed by atoms with Gasteiger partial charge in [0.05, 0.1) is 11.5 Å². The minimum absolute atomic E-state index is 0.316. The molecule has 0 amide bonds. The summed E-state index contributed by atoms with van der Waals surface area (Å²) in [4.78, 5) is 8.07. The van der Waals surface area contributed by atoms with E-state index in [1.807, 2.05) is 0 Å². The number of ether oxygens (including phenoxy) is 1. The largest absolute Gasteiger partial charge is 0.388 e. The van der Waals surface area contributed by atoms with Gasteiger partial charge < -0.3 is 19.5 Å². The van der Waals surface area contributed by atoms with Gasteiger partial charge in [0.2, 0.25) is 0 Å². The summed E-state index contributed by atoms with van der Waals surface area (Å²) in [6.45, 7) is 1.70. The highest BCUT2D eigenvalue weighted by Crippen LogP contribution is 2.36. The molecule has 0 spiro atoms. The monoisotopic (exact) mass is 347 g/mol. The maximum absolute atomic E-state index is 10.0. The summed E-state index contributed by atoms with van der Waals surface area (Å²) in [6, 6.07) is 0. The van der Waals surface area contributed by atoms with Crippen LogP contribution in [0.5, 0.6) is 0 Å². The second kappa shape index (κ2) is 4.68. The Morgan fingerprint density at radius 2 is 2.11 bits per heavy atom. The topological polar surface area (TPSA) is 80.4 Å². The van der Waals surface area contributed by atoms with Crippen LogP contribution in [0.3, 0.4) is 0 Å². The molecular formula is C11H11BrClN3O3. The minimum Gasteiger partial charge on any atom is -0.388 e. The molecule has 0 aromatic carbocycles. The van der Waals surface area contributed by atoms with Crippen molar-refractivity contribution in [2.24, 2.45) is 0 Å². The van der Waals surface area contributed by atoms with E-state index >= 15 is 0 Å². The van der Waals surface area contributed by atoms with Gasteiger partial charge >= 0.3 is 0 Å². The second-order valence-electron chi connectivity index (χ2n) is 4.46. The third-order valence-electron chi connectivity index (χ3n) is 3.27. The van der Waals surface area contributed by atoms with E-state index in [2.05, 4.69) is 25.9 Å². The zero-order chi connectivity index (χ0) is 13.7. The highest BCUT2D eigenvalue weighted by atomic mass is 79.9. The fraction of sp³-hybridized carbons (Fsp3) is 0.455. The molecule has 102 valence electrons. The van der Waals surface area contributed by atoms with E-state index in [0.717, 1.165) is 0 Å². The SMILES string of the molecule is C[C@H]1OC(n2cc(Br)c3c(Cl)ncnc32)[C@H](O)[C@@H]1O. The van der Waals surface area contributed by atoms with Crippen molar-refractivity contribution in [3.8, 4) is 0 Å². The fourth-order valence-corrected chi connectivity index (χ4v) is 3.19. The van der Waals surface area contributed by atoms with Crippen molar-refractivity contribution in [2.75, 3.05) is 0 Å². The Hall–Kier alpha value is -0.730. The standard InChI is InChI=1S/C11H11BrClN3O3/c1-4-7(17)8(18)11(19-4)16-2-5(12)6-9(13)14-3-15-10(6)16/h2-4,7-8,11,17-18H,1H3/t4-,7-,8-,11?/m1/s1. The third kappa shape index (κ3) is 1.96. The number of fused-ring (bicyclic) bond motifs is 1. The molecule has 1 aliphatic heterocycles. The Bertz CT molecular complexity index is 635. The Morgan fingerprint density at radius 1 is 1.37 bits per heavy atom. The lowest BCUT2D eigenvalue weighted by molar-refractivity contribution is -0.0297. The Kier molecular flexibility index (Phi) is 3.26. The van der Waals surface area contributed by atoms with Crippen LogP contribution in [0.4, 0.5) is 0 Å². The van der Waals surface area contributed by atoms with E-state index in [0.29, 0.717) is 20.7 Å². The first-order chi connectivity index (χ1) is 9.00. The van der Waals surface area contributed by atoms with Gasteiger partial charge in [-0.15, -0.1) is 0 Å². The summed E-state index contributed by atoms with van der Waals surface area (Å²) < 4.78 is 7.92. The van der Waals surface area contributed by atoms with Gasteiger partial charge in [-0.25, -0.2) is 9.97 Å². The van der Waals surface area contributed by atoms with Crippen LogP contribution in [0.25, 0.3) is 11.0 Å². The summed E-state index contributed by atoms with van der Waals surface area (Å²) in [5.41, 5.74) is 0.539. The van der Waals surface area contributed by atoms with Crippen molar-refractivity contribution in [1.82, 2.24) is 14.5 Å². The Labute approximate surface area is 122 Å². The number of rotatable bonds is 1. The van der Waals surface area contributed by atoms with Crippen LogP contribution in [-0.4, -0.2) is 43.1 Å². The van der Waals surface area contributed by atoms with Crippen LogP contribution in [0.1, 0.15) is 13.2 Å². The number of aromatic nitrogens is 3. The van der Waals surface area contributed by atoms with E-state index in [4.69, 9.17) is 16.3 Å². The van der Waals surface area contributed by atoms with Crippen LogP contribution >= 0.6 is 27.5 Å². The molecular weight excluding hydrogens is 337 g/mol. The van der Waals surface area contributed by atoms with Gasteiger partial charge in [-0.2, -0.15) is 0 Å².